The Morgan fingerprint density at radius 2 is 2.00 bits per heavy atom. The summed E-state index contributed by atoms with van der Waals surface area (Å²) in [6.07, 6.45) is 4.59. The number of nitrogens with one attached hydrogen (secondary N) is 4. The van der Waals surface area contributed by atoms with Crippen molar-refractivity contribution in [1.82, 2.24) is 25.2 Å². The Morgan fingerprint density at radius 1 is 1.21 bits per heavy atom. The zero-order valence-electron chi connectivity index (χ0n) is 18.7. The van der Waals surface area contributed by atoms with Gasteiger partial charge < -0.3 is 21.3 Å². The van der Waals surface area contributed by atoms with Crippen molar-refractivity contribution in [1.29, 1.82) is 0 Å². The van der Waals surface area contributed by atoms with Crippen molar-refractivity contribution in [3.63, 3.8) is 0 Å². The third kappa shape index (κ3) is 3.15. The van der Waals surface area contributed by atoms with Gasteiger partial charge in [0.2, 0.25) is 5.91 Å². The van der Waals surface area contributed by atoms with E-state index in [1.165, 1.54) is 6.33 Å². The minimum atomic E-state index is -0.706. The molecule has 0 radical (unpaired) electrons. The van der Waals surface area contributed by atoms with Gasteiger partial charge in [-0.05, 0) is 62.1 Å². The largest absolute Gasteiger partial charge is 0.336 e. The number of hydrogen-bond acceptors (Lipinski definition) is 7. The number of carbonyl (C=O) groups excluding carboxylic acids is 2. The molecule has 2 saturated carbocycles. The maximum Gasteiger partial charge on any atom is 0.276 e. The van der Waals surface area contributed by atoms with Gasteiger partial charge in [0.25, 0.3) is 11.5 Å². The van der Waals surface area contributed by atoms with Gasteiger partial charge in [0, 0.05) is 18.5 Å². The van der Waals surface area contributed by atoms with Gasteiger partial charge in [-0.1, -0.05) is 6.92 Å². The number of pyridine rings is 1. The number of hydrogen-bond donors (Lipinski definition) is 4. The zero-order chi connectivity index (χ0) is 23.0. The van der Waals surface area contributed by atoms with E-state index < -0.39 is 5.66 Å². The summed E-state index contributed by atoms with van der Waals surface area (Å²) < 4.78 is 1.67. The quantitative estimate of drug-likeness (QED) is 0.556. The second-order valence-electron chi connectivity index (χ2n) is 10.3. The van der Waals surface area contributed by atoms with Crippen LogP contribution in [0, 0.1) is 24.2 Å². The van der Waals surface area contributed by atoms with Gasteiger partial charge in [-0.2, -0.15) is 0 Å². The first-order valence-electron chi connectivity index (χ1n) is 11.5. The SMILES string of the molecule is Cc1cc(Nc2cc(NC(=O)C3CC3)ncn2)c(=O)n2c1C(=O)NC21C[C@@H]2CNC[C@]2(C)C1. The summed E-state index contributed by atoms with van der Waals surface area (Å²) in [5.74, 6) is 1.00. The highest BCUT2D eigenvalue weighted by molar-refractivity contribution is 5.97. The summed E-state index contributed by atoms with van der Waals surface area (Å²) in [4.78, 5) is 47.0. The lowest BCUT2D eigenvalue weighted by Crippen LogP contribution is -2.47. The second-order valence-corrected chi connectivity index (χ2v) is 10.3. The Morgan fingerprint density at radius 3 is 2.76 bits per heavy atom. The van der Waals surface area contributed by atoms with E-state index in [0.29, 0.717) is 35.4 Å². The van der Waals surface area contributed by atoms with E-state index in [9.17, 15) is 14.4 Å². The molecule has 4 aliphatic rings. The fourth-order valence-corrected chi connectivity index (χ4v) is 5.92. The van der Waals surface area contributed by atoms with E-state index in [2.05, 4.69) is 38.2 Å². The number of fused-ring (bicyclic) bond motifs is 3. The van der Waals surface area contributed by atoms with Crippen LogP contribution in [0.15, 0.2) is 23.3 Å². The highest BCUT2D eigenvalue weighted by Crippen LogP contribution is 2.53. The van der Waals surface area contributed by atoms with Gasteiger partial charge in [-0.3, -0.25) is 19.0 Å². The van der Waals surface area contributed by atoms with Gasteiger partial charge in [-0.15, -0.1) is 0 Å². The van der Waals surface area contributed by atoms with E-state index in [1.54, 1.807) is 16.7 Å². The summed E-state index contributed by atoms with van der Waals surface area (Å²) in [5, 5.41) is 12.5. The normalized spacial score (nSPS) is 29.6. The Labute approximate surface area is 190 Å². The average Bonchev–Trinajstić information content (AvgIpc) is 3.42. The molecule has 1 unspecified atom stereocenters. The lowest BCUT2D eigenvalue weighted by Gasteiger charge is -2.30. The lowest BCUT2D eigenvalue weighted by molar-refractivity contribution is -0.117. The van der Waals surface area contributed by atoms with Crippen LogP contribution in [0.2, 0.25) is 0 Å². The average molecular weight is 450 g/mol. The molecule has 2 aliphatic heterocycles. The topological polar surface area (TPSA) is 130 Å². The van der Waals surface area contributed by atoms with Crippen molar-refractivity contribution in [2.75, 3.05) is 23.7 Å². The maximum absolute atomic E-state index is 13.7. The Kier molecular flexibility index (Phi) is 4.23. The second kappa shape index (κ2) is 6.86. The van der Waals surface area contributed by atoms with Crippen LogP contribution < -0.4 is 26.8 Å². The summed E-state index contributed by atoms with van der Waals surface area (Å²) in [6, 6.07) is 3.30. The molecule has 2 aliphatic carbocycles. The molecule has 1 saturated heterocycles. The fourth-order valence-electron chi connectivity index (χ4n) is 5.92. The third-order valence-electron chi connectivity index (χ3n) is 7.70. The van der Waals surface area contributed by atoms with Crippen molar-refractivity contribution in [2.24, 2.45) is 17.3 Å². The minimum Gasteiger partial charge on any atom is -0.336 e. The number of carbonyl (C=O) groups is 2. The first-order valence-corrected chi connectivity index (χ1v) is 11.5. The number of aromatic nitrogens is 3. The van der Waals surface area contributed by atoms with Crippen LogP contribution in [-0.2, 0) is 10.5 Å². The van der Waals surface area contributed by atoms with E-state index in [4.69, 9.17) is 0 Å². The first kappa shape index (κ1) is 20.3. The summed E-state index contributed by atoms with van der Waals surface area (Å²) in [7, 11) is 0. The van der Waals surface area contributed by atoms with Crippen molar-refractivity contribution < 1.29 is 9.59 Å². The number of rotatable bonds is 4. The molecule has 3 fully saturated rings. The van der Waals surface area contributed by atoms with Gasteiger partial charge in [-0.25, -0.2) is 9.97 Å². The molecule has 2 amide bonds. The molecule has 33 heavy (non-hydrogen) atoms. The highest BCUT2D eigenvalue weighted by atomic mass is 16.2. The number of nitrogens with zero attached hydrogens (tertiary/aromatic N) is 3. The Hall–Kier alpha value is -3.27. The molecule has 0 bridgehead atoms. The summed E-state index contributed by atoms with van der Waals surface area (Å²) in [5.41, 5.74) is 0.568. The van der Waals surface area contributed by atoms with Crippen molar-refractivity contribution in [3.05, 3.63) is 40.1 Å². The molecule has 172 valence electrons. The third-order valence-corrected chi connectivity index (χ3v) is 7.70. The van der Waals surface area contributed by atoms with Crippen molar-refractivity contribution >= 4 is 29.1 Å². The van der Waals surface area contributed by atoms with Crippen molar-refractivity contribution in [2.45, 2.75) is 45.2 Å². The molecule has 2 aromatic rings. The van der Waals surface area contributed by atoms with E-state index in [0.717, 1.165) is 37.9 Å². The van der Waals surface area contributed by atoms with E-state index in [-0.39, 0.29) is 28.7 Å². The van der Waals surface area contributed by atoms with E-state index in [1.807, 2.05) is 6.92 Å². The molecule has 6 rings (SSSR count). The number of aryl methyl sites for hydroxylation is 1. The van der Waals surface area contributed by atoms with Gasteiger partial charge in [0.05, 0.1) is 0 Å². The molecule has 2 aromatic heterocycles. The zero-order valence-corrected chi connectivity index (χ0v) is 18.7. The van der Waals surface area contributed by atoms with Crippen LogP contribution in [0.3, 0.4) is 0 Å². The molecule has 4 heterocycles. The van der Waals surface area contributed by atoms with Gasteiger partial charge in [0.15, 0.2) is 0 Å². The predicted molar refractivity (Wildman–Crippen MR) is 121 cm³/mol. The standard InChI is InChI=1S/C23H27N7O3/c1-12-5-15(27-16-6-17(26-11-25-16)28-19(31)13-3-4-13)21(33)30-18(12)20(32)29-23(30)7-14-8-24-10-22(14,2)9-23/h5-6,11,13-14,24H,3-4,7-10H2,1-2H3,(H,29,32)(H2,25,26,27,28,31)/t14-,22+,23?/m1/s1. The molecule has 4 N–H and O–H groups in total. The van der Waals surface area contributed by atoms with Crippen LogP contribution in [0.5, 0.6) is 0 Å². The van der Waals surface area contributed by atoms with Crippen LogP contribution in [0.4, 0.5) is 17.3 Å². The highest BCUT2D eigenvalue weighted by Gasteiger charge is 2.59. The predicted octanol–water partition coefficient (Wildman–Crippen LogP) is 1.45. The molecule has 1 spiro atoms. The number of anilines is 3. The maximum atomic E-state index is 13.7. The molecule has 10 heteroatoms. The Bertz CT molecular complexity index is 1250. The van der Waals surface area contributed by atoms with Crippen LogP contribution >= 0.6 is 0 Å². The minimum absolute atomic E-state index is 0.0347. The molecule has 10 nitrogen and oxygen atoms in total. The molecule has 0 aromatic carbocycles. The lowest BCUT2D eigenvalue weighted by atomic mass is 9.83. The number of amides is 2. The van der Waals surface area contributed by atoms with Crippen molar-refractivity contribution in [3.8, 4) is 0 Å². The van der Waals surface area contributed by atoms with Crippen LogP contribution in [0.1, 0.15) is 48.7 Å². The van der Waals surface area contributed by atoms with Gasteiger partial charge >= 0.3 is 0 Å². The smallest absolute Gasteiger partial charge is 0.276 e. The monoisotopic (exact) mass is 449 g/mol. The molecular weight excluding hydrogens is 422 g/mol. The molecular formula is C23H27N7O3. The summed E-state index contributed by atoms with van der Waals surface area (Å²) >= 11 is 0. The van der Waals surface area contributed by atoms with Crippen LogP contribution in [-0.4, -0.2) is 39.4 Å². The molecule has 3 atom stereocenters. The van der Waals surface area contributed by atoms with E-state index >= 15 is 0 Å². The van der Waals surface area contributed by atoms with Crippen LogP contribution in [0.25, 0.3) is 0 Å². The first-order chi connectivity index (χ1) is 15.8. The van der Waals surface area contributed by atoms with Gasteiger partial charge in [0.1, 0.15) is 35.0 Å². The summed E-state index contributed by atoms with van der Waals surface area (Å²) in [6.45, 7) is 5.85. The Balaban J connectivity index is 1.35. The fraction of sp³-hybridized carbons (Fsp3) is 0.522.